The highest BCUT2D eigenvalue weighted by molar-refractivity contribution is 5.82. The van der Waals surface area contributed by atoms with Crippen molar-refractivity contribution >= 4 is 5.78 Å². The normalized spacial score (nSPS) is 17.8. The van der Waals surface area contributed by atoms with Crippen LogP contribution in [0.4, 0.5) is 0 Å². The minimum absolute atomic E-state index is 0. The topological polar surface area (TPSA) is 32.3 Å². The summed E-state index contributed by atoms with van der Waals surface area (Å²) in [6.07, 6.45) is 2.86. The van der Waals surface area contributed by atoms with Gasteiger partial charge < -0.3 is 5.32 Å². The number of hydrogen-bond donors (Lipinski definition) is 1. The Morgan fingerprint density at radius 3 is 2.61 bits per heavy atom. The minimum Gasteiger partial charge on any atom is -0.317 e. The van der Waals surface area contributed by atoms with Gasteiger partial charge in [0.15, 0.2) is 5.78 Å². The van der Waals surface area contributed by atoms with Gasteiger partial charge in [0.25, 0.3) is 0 Å². The molecule has 1 heterocycles. The molecule has 1 aromatic rings. The molecule has 3 heteroatoms. The van der Waals surface area contributed by atoms with Gasteiger partial charge in [0.1, 0.15) is 0 Å². The van der Waals surface area contributed by atoms with E-state index in [1.54, 1.807) is 0 Å². The van der Waals surface area contributed by atoms with Gasteiger partial charge in [-0.25, -0.2) is 0 Å². The Labute approximate surface area is 111 Å². The summed E-state index contributed by atoms with van der Waals surface area (Å²) < 4.78 is 0. The average Bonchev–Trinajstić information content (AvgIpc) is 2.40. The number of carbonyl (C=O) groups is 1. The van der Waals surface area contributed by atoms with Crippen molar-refractivity contribution in [3.8, 4) is 0 Å². The largest absolute Gasteiger partial charge is 0.317 e. The molecule has 0 aromatic heterocycles. The van der Waals surface area contributed by atoms with Crippen molar-refractivity contribution in [2.75, 3.05) is 26.7 Å². The zero-order valence-electron chi connectivity index (χ0n) is 11.1. The number of Topliss-reactive ketones (excluding diaryl/α,β-unsaturated/α-hetero) is 1. The molecule has 0 atom stereocenters. The number of piperidine rings is 1. The van der Waals surface area contributed by atoms with Crippen LogP contribution in [0.2, 0.25) is 0 Å². The second-order valence-corrected chi connectivity index (χ2v) is 5.04. The number of carbonyl (C=O) groups excluding carboxylic acids is 1. The first-order valence-electron chi connectivity index (χ1n) is 6.73. The van der Waals surface area contributed by atoms with Crippen LogP contribution in [0.3, 0.4) is 0 Å². The van der Waals surface area contributed by atoms with Crippen LogP contribution in [-0.4, -0.2) is 43.4 Å². The first-order valence-corrected chi connectivity index (χ1v) is 6.73. The number of nitrogens with zero attached hydrogens (tertiary/aromatic N) is 1. The summed E-state index contributed by atoms with van der Waals surface area (Å²) in [4.78, 5) is 14.3. The minimum atomic E-state index is 0. The summed E-state index contributed by atoms with van der Waals surface area (Å²) >= 11 is 0. The van der Waals surface area contributed by atoms with Crippen molar-refractivity contribution in [1.29, 1.82) is 0 Å². The second-order valence-electron chi connectivity index (χ2n) is 5.04. The number of ketones is 1. The van der Waals surface area contributed by atoms with Gasteiger partial charge in [0, 0.05) is 27.0 Å². The van der Waals surface area contributed by atoms with E-state index in [1.165, 1.54) is 0 Å². The Hall–Kier alpha value is -1.19. The van der Waals surface area contributed by atoms with Crippen LogP contribution < -0.4 is 5.32 Å². The molecule has 1 fully saturated rings. The first-order chi connectivity index (χ1) is 8.78. The molecule has 1 aliphatic rings. The van der Waals surface area contributed by atoms with E-state index >= 15 is 0 Å². The summed E-state index contributed by atoms with van der Waals surface area (Å²) in [5.41, 5.74) is 1.12. The Morgan fingerprint density at radius 1 is 1.33 bits per heavy atom. The number of benzene rings is 1. The lowest BCUT2D eigenvalue weighted by Crippen LogP contribution is -2.43. The summed E-state index contributed by atoms with van der Waals surface area (Å²) in [6, 6.07) is 10.6. The summed E-state index contributed by atoms with van der Waals surface area (Å²) in [6.45, 7) is 2.67. The third-order valence-electron chi connectivity index (χ3n) is 3.64. The number of hydrogen-bond acceptors (Lipinski definition) is 3. The predicted molar refractivity (Wildman–Crippen MR) is 75.8 cm³/mol. The molecule has 0 amide bonds. The Morgan fingerprint density at radius 2 is 2.00 bits per heavy atom. The molecule has 1 aliphatic heterocycles. The van der Waals surface area contributed by atoms with E-state index < -0.39 is 0 Å². The third-order valence-corrected chi connectivity index (χ3v) is 3.64. The van der Waals surface area contributed by atoms with Gasteiger partial charge in [0.05, 0.1) is 6.54 Å². The third kappa shape index (κ3) is 3.93. The molecule has 0 bridgehead atoms. The maximum Gasteiger partial charge on any atom is 0.151 e. The van der Waals surface area contributed by atoms with Gasteiger partial charge in [-0.15, -0.1) is 0 Å². The van der Waals surface area contributed by atoms with Crippen molar-refractivity contribution in [3.05, 3.63) is 35.9 Å². The van der Waals surface area contributed by atoms with E-state index in [9.17, 15) is 4.79 Å². The first kappa shape index (κ1) is 13.2. The summed E-state index contributed by atoms with van der Waals surface area (Å²) in [7, 11) is 2.01. The van der Waals surface area contributed by atoms with Crippen LogP contribution in [0.5, 0.6) is 0 Å². The SMILES string of the molecule is CNC1CCN(CC(=O)Cc2ccccc2)CC1.[HH]. The molecule has 0 unspecified atom stereocenters. The fraction of sp³-hybridized carbons (Fsp3) is 0.533. The molecule has 1 N–H and O–H groups in total. The highest BCUT2D eigenvalue weighted by Gasteiger charge is 2.19. The quantitative estimate of drug-likeness (QED) is 0.861. The molecule has 1 aromatic carbocycles. The van der Waals surface area contributed by atoms with Gasteiger partial charge in [-0.05, 0) is 25.5 Å². The molecule has 0 aliphatic carbocycles. The van der Waals surface area contributed by atoms with Gasteiger partial charge in [-0.1, -0.05) is 30.3 Å². The maximum atomic E-state index is 12.0. The van der Waals surface area contributed by atoms with Crippen molar-refractivity contribution in [2.24, 2.45) is 0 Å². The van der Waals surface area contributed by atoms with Crippen molar-refractivity contribution in [2.45, 2.75) is 25.3 Å². The fourth-order valence-corrected chi connectivity index (χ4v) is 2.51. The van der Waals surface area contributed by atoms with Crippen molar-refractivity contribution in [3.63, 3.8) is 0 Å². The van der Waals surface area contributed by atoms with Crippen LogP contribution in [0, 0.1) is 0 Å². The van der Waals surface area contributed by atoms with E-state index in [0.29, 0.717) is 24.8 Å². The van der Waals surface area contributed by atoms with Crippen LogP contribution in [0.1, 0.15) is 19.8 Å². The number of likely N-dealkylation sites (tertiary alicyclic amines) is 1. The van der Waals surface area contributed by atoms with Gasteiger partial charge >= 0.3 is 0 Å². The molecular formula is C15H24N2O. The molecular weight excluding hydrogens is 224 g/mol. The molecule has 18 heavy (non-hydrogen) atoms. The van der Waals surface area contributed by atoms with E-state index in [2.05, 4.69) is 10.2 Å². The average molecular weight is 248 g/mol. The lowest BCUT2D eigenvalue weighted by atomic mass is 10.0. The maximum absolute atomic E-state index is 12.0. The highest BCUT2D eigenvalue weighted by atomic mass is 16.1. The summed E-state index contributed by atoms with van der Waals surface area (Å²) in [5, 5.41) is 3.31. The molecule has 2 rings (SSSR count). The zero-order chi connectivity index (χ0) is 12.8. The predicted octanol–water partition coefficient (Wildman–Crippen LogP) is 1.73. The smallest absolute Gasteiger partial charge is 0.151 e. The Kier molecular flexibility index (Phi) is 4.90. The monoisotopic (exact) mass is 248 g/mol. The number of rotatable bonds is 5. The molecule has 0 radical (unpaired) electrons. The standard InChI is InChI=1S/C15H22N2O.H2/c1-16-14-7-9-17(10-8-14)12-15(18)11-13-5-3-2-4-6-13;/h2-6,14,16H,7-12H2,1H3;1H. The van der Waals surface area contributed by atoms with E-state index in [0.717, 1.165) is 31.5 Å². The molecule has 1 saturated heterocycles. The fourth-order valence-electron chi connectivity index (χ4n) is 2.51. The van der Waals surface area contributed by atoms with E-state index in [-0.39, 0.29) is 1.43 Å². The van der Waals surface area contributed by atoms with E-state index in [1.807, 2.05) is 37.4 Å². The molecule has 3 nitrogen and oxygen atoms in total. The van der Waals surface area contributed by atoms with Crippen LogP contribution in [0.15, 0.2) is 30.3 Å². The van der Waals surface area contributed by atoms with E-state index in [4.69, 9.17) is 0 Å². The summed E-state index contributed by atoms with van der Waals surface area (Å²) in [5.74, 6) is 0.323. The number of nitrogens with one attached hydrogen (secondary N) is 1. The second kappa shape index (κ2) is 6.66. The molecule has 100 valence electrons. The van der Waals surface area contributed by atoms with Crippen LogP contribution in [-0.2, 0) is 11.2 Å². The Bertz CT molecular complexity index is 375. The molecule has 0 saturated carbocycles. The zero-order valence-corrected chi connectivity index (χ0v) is 11.1. The van der Waals surface area contributed by atoms with Crippen molar-refractivity contribution < 1.29 is 6.22 Å². The van der Waals surface area contributed by atoms with Crippen LogP contribution >= 0.6 is 0 Å². The lowest BCUT2D eigenvalue weighted by Gasteiger charge is -2.31. The van der Waals surface area contributed by atoms with Gasteiger partial charge in [-0.2, -0.15) is 0 Å². The van der Waals surface area contributed by atoms with Crippen LogP contribution in [0.25, 0.3) is 0 Å². The van der Waals surface area contributed by atoms with Gasteiger partial charge in [0.2, 0.25) is 0 Å². The van der Waals surface area contributed by atoms with Gasteiger partial charge in [-0.3, -0.25) is 9.69 Å². The lowest BCUT2D eigenvalue weighted by molar-refractivity contribution is -0.119. The highest BCUT2D eigenvalue weighted by Crippen LogP contribution is 2.10. The molecule has 0 spiro atoms. The van der Waals surface area contributed by atoms with Crippen molar-refractivity contribution in [1.82, 2.24) is 10.2 Å². The Balaban J connectivity index is 0.00000180.